The Kier molecular flexibility index (Phi) is 11.8. The molecule has 2 amide bonds. The van der Waals surface area contributed by atoms with E-state index in [1.54, 1.807) is 24.3 Å². The summed E-state index contributed by atoms with van der Waals surface area (Å²) in [6.45, 7) is 5.36. The number of nitrogens with one attached hydrogen (secondary N) is 1. The molecule has 1 N–H and O–H groups in total. The molecule has 7 nitrogen and oxygen atoms in total. The number of aryl methyl sites for hydroxylation is 1. The molecule has 4 rings (SSSR count). The molecule has 0 aliphatic heterocycles. The number of rotatable bonds is 13. The van der Waals surface area contributed by atoms with Gasteiger partial charge < -0.3 is 10.2 Å². The highest BCUT2D eigenvalue weighted by Gasteiger charge is 2.35. The number of halogens is 2. The zero-order valence-corrected chi connectivity index (χ0v) is 28.6. The Labute approximate surface area is 279 Å². The molecule has 2 unspecified atom stereocenters. The van der Waals surface area contributed by atoms with Crippen LogP contribution in [0.15, 0.2) is 112 Å². The van der Waals surface area contributed by atoms with Crippen molar-refractivity contribution in [2.75, 3.05) is 10.8 Å². The molecule has 0 aliphatic rings. The number of nitrogens with zero attached hydrogens (tertiary/aromatic N) is 2. The van der Waals surface area contributed by atoms with Crippen LogP contribution in [0.1, 0.15) is 37.0 Å². The minimum atomic E-state index is -4.20. The van der Waals surface area contributed by atoms with Gasteiger partial charge in [0.15, 0.2) is 0 Å². The van der Waals surface area contributed by atoms with E-state index in [1.165, 1.54) is 29.2 Å². The molecule has 0 saturated heterocycles. The Bertz CT molecular complexity index is 1680. The molecule has 45 heavy (non-hydrogen) atoms. The molecule has 10 heteroatoms. The maximum atomic E-state index is 14.5. The molecule has 0 aliphatic carbocycles. The normalized spacial score (nSPS) is 12.6. The summed E-state index contributed by atoms with van der Waals surface area (Å²) in [6, 6.07) is 28.7. The van der Waals surface area contributed by atoms with Gasteiger partial charge in [-0.25, -0.2) is 8.42 Å². The number of hydrogen-bond donors (Lipinski definition) is 1. The summed E-state index contributed by atoms with van der Waals surface area (Å²) >= 11 is 9.51. The Balaban J connectivity index is 1.80. The van der Waals surface area contributed by atoms with Crippen molar-refractivity contribution in [2.45, 2.75) is 57.1 Å². The smallest absolute Gasteiger partial charge is 0.264 e. The number of sulfonamides is 1. The van der Waals surface area contributed by atoms with Gasteiger partial charge in [0.05, 0.1) is 10.6 Å². The average molecular weight is 711 g/mol. The lowest BCUT2D eigenvalue weighted by Crippen LogP contribution is -2.54. The Morgan fingerprint density at radius 2 is 1.49 bits per heavy atom. The molecule has 0 fully saturated rings. The van der Waals surface area contributed by atoms with Gasteiger partial charge in [-0.3, -0.25) is 13.9 Å². The van der Waals surface area contributed by atoms with Crippen molar-refractivity contribution in [3.8, 4) is 0 Å². The van der Waals surface area contributed by atoms with E-state index in [2.05, 4.69) is 21.2 Å². The summed E-state index contributed by atoms with van der Waals surface area (Å²) in [6.07, 6.45) is 0.963. The van der Waals surface area contributed by atoms with Crippen molar-refractivity contribution in [1.82, 2.24) is 10.2 Å². The van der Waals surface area contributed by atoms with Gasteiger partial charge in [0.2, 0.25) is 11.8 Å². The second-order valence-corrected chi connectivity index (χ2v) is 14.2. The maximum Gasteiger partial charge on any atom is 0.264 e. The Hall–Kier alpha value is -3.66. The first-order chi connectivity index (χ1) is 21.5. The number of benzene rings is 4. The molecule has 0 bridgehead atoms. The van der Waals surface area contributed by atoms with Gasteiger partial charge in [0, 0.05) is 28.5 Å². The Morgan fingerprint density at radius 1 is 0.867 bits per heavy atom. The number of amides is 2. The summed E-state index contributed by atoms with van der Waals surface area (Å²) in [5.41, 5.74) is 2.94. The van der Waals surface area contributed by atoms with E-state index < -0.39 is 28.5 Å². The van der Waals surface area contributed by atoms with Gasteiger partial charge >= 0.3 is 0 Å². The van der Waals surface area contributed by atoms with Crippen LogP contribution < -0.4 is 9.62 Å². The summed E-state index contributed by atoms with van der Waals surface area (Å²) in [7, 11) is -4.20. The monoisotopic (exact) mass is 709 g/mol. The predicted molar refractivity (Wildman–Crippen MR) is 184 cm³/mol. The third-order valence-corrected chi connectivity index (χ3v) is 10.1. The summed E-state index contributed by atoms with van der Waals surface area (Å²) in [5, 5.41) is 3.44. The van der Waals surface area contributed by atoms with E-state index in [1.807, 2.05) is 75.4 Å². The molecule has 0 spiro atoms. The number of carbonyl (C=O) groups is 2. The van der Waals surface area contributed by atoms with Gasteiger partial charge in [0.1, 0.15) is 12.6 Å². The van der Waals surface area contributed by atoms with Crippen LogP contribution in [0.4, 0.5) is 5.69 Å². The zero-order valence-electron chi connectivity index (χ0n) is 25.5. The van der Waals surface area contributed by atoms with Crippen molar-refractivity contribution in [3.63, 3.8) is 0 Å². The molecule has 0 aromatic heterocycles. The second kappa shape index (κ2) is 15.6. The maximum absolute atomic E-state index is 14.5. The van der Waals surface area contributed by atoms with Gasteiger partial charge in [0.25, 0.3) is 10.0 Å². The SMILES string of the molecule is CCC(C)NC(=O)C(Cc1ccccc1)N(Cc1ccc(Br)cc1)C(=O)CN(c1ccc(C)cc1)S(=O)(=O)c1ccc(Cl)cc1. The third-order valence-electron chi connectivity index (χ3n) is 7.54. The zero-order chi connectivity index (χ0) is 32.6. The van der Waals surface area contributed by atoms with Gasteiger partial charge in [-0.05, 0) is 79.9 Å². The number of hydrogen-bond acceptors (Lipinski definition) is 4. The largest absolute Gasteiger partial charge is 0.352 e. The molecule has 4 aromatic carbocycles. The van der Waals surface area contributed by atoms with Crippen LogP contribution in [0, 0.1) is 6.92 Å². The van der Waals surface area contributed by atoms with Gasteiger partial charge in [-0.2, -0.15) is 0 Å². The van der Waals surface area contributed by atoms with Crippen LogP contribution in [0.2, 0.25) is 5.02 Å². The lowest BCUT2D eigenvalue weighted by Gasteiger charge is -2.34. The van der Waals surface area contributed by atoms with Gasteiger partial charge in [-0.15, -0.1) is 0 Å². The molecule has 236 valence electrons. The lowest BCUT2D eigenvalue weighted by molar-refractivity contribution is -0.140. The average Bonchev–Trinajstić information content (AvgIpc) is 3.03. The van der Waals surface area contributed by atoms with Crippen molar-refractivity contribution >= 4 is 55.1 Å². The first-order valence-electron chi connectivity index (χ1n) is 14.7. The fourth-order valence-corrected chi connectivity index (χ4v) is 6.56. The van der Waals surface area contributed by atoms with E-state index in [0.29, 0.717) is 17.1 Å². The number of carbonyl (C=O) groups excluding carboxylic acids is 2. The van der Waals surface area contributed by atoms with Crippen LogP contribution in [-0.4, -0.2) is 43.8 Å². The van der Waals surface area contributed by atoms with Crippen LogP contribution in [0.25, 0.3) is 0 Å². The summed E-state index contributed by atoms with van der Waals surface area (Å²) in [5.74, 6) is -0.822. The van der Waals surface area contributed by atoms with Crippen LogP contribution >= 0.6 is 27.5 Å². The van der Waals surface area contributed by atoms with Crippen LogP contribution in [-0.2, 0) is 32.6 Å². The fraction of sp³-hybridized carbons (Fsp3) is 0.257. The van der Waals surface area contributed by atoms with Crippen molar-refractivity contribution in [1.29, 1.82) is 0 Å². The van der Waals surface area contributed by atoms with Gasteiger partial charge in [-0.1, -0.05) is 94.6 Å². The Morgan fingerprint density at radius 3 is 2.09 bits per heavy atom. The fourth-order valence-electron chi connectivity index (χ4n) is 4.76. The van der Waals surface area contributed by atoms with E-state index in [0.717, 1.165) is 25.5 Å². The number of anilines is 1. The quantitative estimate of drug-likeness (QED) is 0.160. The molecule has 0 radical (unpaired) electrons. The molecule has 4 aromatic rings. The van der Waals surface area contributed by atoms with Crippen LogP contribution in [0.5, 0.6) is 0 Å². The highest BCUT2D eigenvalue weighted by molar-refractivity contribution is 9.10. The molecular formula is C35H37BrClN3O4S. The lowest BCUT2D eigenvalue weighted by atomic mass is 10.0. The van der Waals surface area contributed by atoms with E-state index in [4.69, 9.17) is 11.6 Å². The second-order valence-electron chi connectivity index (χ2n) is 11.0. The predicted octanol–water partition coefficient (Wildman–Crippen LogP) is 7.16. The van der Waals surface area contributed by atoms with Crippen molar-refractivity contribution in [3.05, 3.63) is 129 Å². The highest BCUT2D eigenvalue weighted by Crippen LogP contribution is 2.26. The molecule has 0 heterocycles. The molecule has 0 saturated carbocycles. The van der Waals surface area contributed by atoms with Crippen molar-refractivity contribution in [2.24, 2.45) is 0 Å². The van der Waals surface area contributed by atoms with E-state index >= 15 is 0 Å². The first kappa shape index (κ1) is 34.2. The summed E-state index contributed by atoms with van der Waals surface area (Å²) in [4.78, 5) is 29.9. The minimum absolute atomic E-state index is 0.00455. The minimum Gasteiger partial charge on any atom is -0.352 e. The van der Waals surface area contributed by atoms with Crippen LogP contribution in [0.3, 0.4) is 0 Å². The van der Waals surface area contributed by atoms with Crippen molar-refractivity contribution < 1.29 is 18.0 Å². The topological polar surface area (TPSA) is 86.8 Å². The first-order valence-corrected chi connectivity index (χ1v) is 17.3. The standard InChI is InChI=1S/C35H37BrClN3O4S/c1-4-26(3)38-35(42)33(22-27-8-6-5-7-9-27)39(23-28-12-14-29(36)15-13-28)34(41)24-40(31-18-10-25(2)11-19-31)45(43,44)32-20-16-30(37)17-21-32/h5-21,26,33H,4,22-24H2,1-3H3,(H,38,42). The summed E-state index contributed by atoms with van der Waals surface area (Å²) < 4.78 is 30.1. The molecule has 2 atom stereocenters. The molecular weight excluding hydrogens is 674 g/mol. The third kappa shape index (κ3) is 9.19. The van der Waals surface area contributed by atoms with E-state index in [9.17, 15) is 18.0 Å². The van der Waals surface area contributed by atoms with E-state index in [-0.39, 0.29) is 29.8 Å². The highest BCUT2D eigenvalue weighted by atomic mass is 79.9.